The highest BCUT2D eigenvalue weighted by atomic mass is 16.1. The number of hydrogen-bond acceptors (Lipinski definition) is 1. The molecule has 0 N–H and O–H groups in total. The summed E-state index contributed by atoms with van der Waals surface area (Å²) < 4.78 is 0. The number of Topliss-reactive ketones (excluding diaryl/α,β-unsaturated/α-hetero) is 1. The molecule has 0 saturated heterocycles. The lowest BCUT2D eigenvalue weighted by Gasteiger charge is -2.06. The lowest BCUT2D eigenvalue weighted by Crippen LogP contribution is -2.04. The van der Waals surface area contributed by atoms with Gasteiger partial charge in [0.2, 0.25) is 0 Å². The second-order valence-corrected chi connectivity index (χ2v) is 4.20. The Morgan fingerprint density at radius 3 is 2.81 bits per heavy atom. The highest BCUT2D eigenvalue weighted by Gasteiger charge is 2.05. The minimum absolute atomic E-state index is 0.281. The van der Waals surface area contributed by atoms with Crippen LogP contribution in [0.1, 0.15) is 36.0 Å². The first kappa shape index (κ1) is 12.5. The summed E-state index contributed by atoms with van der Waals surface area (Å²) in [6.07, 6.45) is 7.78. The molecule has 0 amide bonds. The molecule has 1 aromatic carbocycles. The molecular weight excluding hydrogens is 196 g/mol. The lowest BCUT2D eigenvalue weighted by atomic mass is 9.99. The van der Waals surface area contributed by atoms with E-state index in [0.717, 1.165) is 12.0 Å². The van der Waals surface area contributed by atoms with Crippen LogP contribution >= 0.6 is 0 Å². The van der Waals surface area contributed by atoms with E-state index < -0.39 is 0 Å². The van der Waals surface area contributed by atoms with E-state index in [1.54, 1.807) is 0 Å². The Bertz CT molecular complexity index is 410. The summed E-state index contributed by atoms with van der Waals surface area (Å²) >= 11 is 0. The van der Waals surface area contributed by atoms with Crippen molar-refractivity contribution in [3.63, 3.8) is 0 Å². The van der Waals surface area contributed by atoms with Crippen molar-refractivity contribution in [3.8, 4) is 12.3 Å². The molecule has 1 rings (SSSR count). The summed E-state index contributed by atoms with van der Waals surface area (Å²) in [4.78, 5) is 11.7. The van der Waals surface area contributed by atoms with Gasteiger partial charge in [-0.2, -0.15) is 0 Å². The third-order valence-electron chi connectivity index (χ3n) is 2.67. The van der Waals surface area contributed by atoms with E-state index in [4.69, 9.17) is 6.42 Å². The number of hydrogen-bond donors (Lipinski definition) is 0. The minimum Gasteiger partial charge on any atom is -0.299 e. The van der Waals surface area contributed by atoms with Crippen LogP contribution in [0.15, 0.2) is 18.2 Å². The van der Waals surface area contributed by atoms with Gasteiger partial charge in [0.1, 0.15) is 5.78 Å². The average Bonchev–Trinajstić information content (AvgIpc) is 2.24. The summed E-state index contributed by atoms with van der Waals surface area (Å²) in [7, 11) is 0. The van der Waals surface area contributed by atoms with Crippen LogP contribution in [0.4, 0.5) is 0 Å². The molecule has 16 heavy (non-hydrogen) atoms. The minimum atomic E-state index is 0.281. The van der Waals surface area contributed by atoms with Gasteiger partial charge in [-0.05, 0) is 31.4 Å². The van der Waals surface area contributed by atoms with Crippen LogP contribution in [-0.4, -0.2) is 5.78 Å². The van der Waals surface area contributed by atoms with E-state index in [1.165, 1.54) is 11.1 Å². The number of rotatable bonds is 5. The second-order valence-electron chi connectivity index (χ2n) is 4.20. The maximum absolute atomic E-state index is 11.7. The van der Waals surface area contributed by atoms with Crippen LogP contribution < -0.4 is 0 Å². The van der Waals surface area contributed by atoms with Gasteiger partial charge in [-0.3, -0.25) is 4.79 Å². The molecule has 0 fully saturated rings. The van der Waals surface area contributed by atoms with E-state index >= 15 is 0 Å². The van der Waals surface area contributed by atoms with E-state index in [9.17, 15) is 4.79 Å². The maximum atomic E-state index is 11.7. The van der Waals surface area contributed by atoms with Gasteiger partial charge in [-0.25, -0.2) is 0 Å². The molecule has 0 heterocycles. The Kier molecular flexibility index (Phi) is 4.79. The molecule has 1 heteroatoms. The Hall–Kier alpha value is -1.55. The van der Waals surface area contributed by atoms with Gasteiger partial charge in [0, 0.05) is 19.3 Å². The van der Waals surface area contributed by atoms with Crippen LogP contribution in [0.2, 0.25) is 0 Å². The predicted molar refractivity (Wildman–Crippen MR) is 67.3 cm³/mol. The van der Waals surface area contributed by atoms with Gasteiger partial charge in [-0.15, -0.1) is 12.3 Å². The van der Waals surface area contributed by atoms with Crippen LogP contribution in [0, 0.1) is 26.2 Å². The van der Waals surface area contributed by atoms with Crippen molar-refractivity contribution in [1.82, 2.24) is 0 Å². The molecule has 0 unspecified atom stereocenters. The Morgan fingerprint density at radius 1 is 1.38 bits per heavy atom. The van der Waals surface area contributed by atoms with Gasteiger partial charge in [-0.1, -0.05) is 23.8 Å². The fraction of sp³-hybridized carbons (Fsp3) is 0.400. The van der Waals surface area contributed by atoms with E-state index in [2.05, 4.69) is 24.1 Å². The van der Waals surface area contributed by atoms with Crippen LogP contribution in [-0.2, 0) is 11.2 Å². The van der Waals surface area contributed by atoms with Gasteiger partial charge in [0.05, 0.1) is 0 Å². The topological polar surface area (TPSA) is 17.1 Å². The largest absolute Gasteiger partial charge is 0.299 e. The third-order valence-corrected chi connectivity index (χ3v) is 2.67. The summed E-state index contributed by atoms with van der Waals surface area (Å²) in [6, 6.07) is 6.23. The predicted octanol–water partition coefficient (Wildman–Crippen LogP) is 3.22. The molecular formula is C15H18O. The zero-order valence-corrected chi connectivity index (χ0v) is 10.0. The quantitative estimate of drug-likeness (QED) is 0.543. The maximum Gasteiger partial charge on any atom is 0.137 e. The first-order chi connectivity index (χ1) is 7.63. The normalized spacial score (nSPS) is 9.81. The molecule has 0 aliphatic rings. The van der Waals surface area contributed by atoms with Crippen molar-refractivity contribution in [2.24, 2.45) is 0 Å². The van der Waals surface area contributed by atoms with E-state index in [0.29, 0.717) is 19.3 Å². The number of carbonyl (C=O) groups is 1. The highest BCUT2D eigenvalue weighted by Crippen LogP contribution is 2.12. The fourth-order valence-corrected chi connectivity index (χ4v) is 1.68. The van der Waals surface area contributed by atoms with E-state index in [1.807, 2.05) is 13.8 Å². The zero-order valence-electron chi connectivity index (χ0n) is 10.0. The molecule has 0 aromatic heterocycles. The molecule has 0 saturated carbocycles. The van der Waals surface area contributed by atoms with Gasteiger partial charge in [0.15, 0.2) is 0 Å². The van der Waals surface area contributed by atoms with Crippen molar-refractivity contribution in [2.45, 2.75) is 39.5 Å². The van der Waals surface area contributed by atoms with Crippen LogP contribution in [0.5, 0.6) is 0 Å². The van der Waals surface area contributed by atoms with Crippen LogP contribution in [0.3, 0.4) is 0 Å². The molecule has 0 spiro atoms. The SMILES string of the molecule is C#CCCCC(=O)Cc1cc(C)ccc1C. The molecule has 0 radical (unpaired) electrons. The summed E-state index contributed by atoms with van der Waals surface area (Å²) in [5, 5.41) is 0. The lowest BCUT2D eigenvalue weighted by molar-refractivity contribution is -0.118. The van der Waals surface area contributed by atoms with E-state index in [-0.39, 0.29) is 5.78 Å². The molecule has 0 aliphatic heterocycles. The first-order valence-electron chi connectivity index (χ1n) is 5.65. The molecule has 1 aromatic rings. The Labute approximate surface area is 97.9 Å². The molecule has 0 aliphatic carbocycles. The number of unbranched alkanes of at least 4 members (excludes halogenated alkanes) is 1. The Morgan fingerprint density at radius 2 is 2.12 bits per heavy atom. The van der Waals surface area contributed by atoms with Crippen molar-refractivity contribution in [2.75, 3.05) is 0 Å². The number of benzene rings is 1. The van der Waals surface area contributed by atoms with Crippen molar-refractivity contribution >= 4 is 5.78 Å². The molecule has 0 atom stereocenters. The van der Waals surface area contributed by atoms with Crippen molar-refractivity contribution in [1.29, 1.82) is 0 Å². The summed E-state index contributed by atoms with van der Waals surface area (Å²) in [5.41, 5.74) is 3.54. The zero-order chi connectivity index (χ0) is 12.0. The molecule has 0 bridgehead atoms. The summed E-state index contributed by atoms with van der Waals surface area (Å²) in [5.74, 6) is 2.84. The highest BCUT2D eigenvalue weighted by molar-refractivity contribution is 5.81. The number of aryl methyl sites for hydroxylation is 2. The average molecular weight is 214 g/mol. The third kappa shape index (κ3) is 3.90. The summed E-state index contributed by atoms with van der Waals surface area (Å²) in [6.45, 7) is 4.09. The smallest absolute Gasteiger partial charge is 0.137 e. The van der Waals surface area contributed by atoms with Gasteiger partial charge < -0.3 is 0 Å². The molecule has 84 valence electrons. The monoisotopic (exact) mass is 214 g/mol. The van der Waals surface area contributed by atoms with Crippen LogP contribution in [0.25, 0.3) is 0 Å². The first-order valence-corrected chi connectivity index (χ1v) is 5.65. The number of terminal acetylenes is 1. The number of carbonyl (C=O) groups excluding carboxylic acids is 1. The van der Waals surface area contributed by atoms with Gasteiger partial charge in [0.25, 0.3) is 0 Å². The fourth-order valence-electron chi connectivity index (χ4n) is 1.68. The standard InChI is InChI=1S/C15H18O/c1-4-5-6-7-15(16)11-14-10-12(2)8-9-13(14)3/h1,8-10H,5-7,11H2,2-3H3. The molecule has 1 nitrogen and oxygen atoms in total. The van der Waals surface area contributed by atoms with Gasteiger partial charge >= 0.3 is 0 Å². The number of ketones is 1. The second kappa shape index (κ2) is 6.12. The Balaban J connectivity index is 2.56. The van der Waals surface area contributed by atoms with Crippen molar-refractivity contribution in [3.05, 3.63) is 34.9 Å². The van der Waals surface area contributed by atoms with Crippen molar-refractivity contribution < 1.29 is 4.79 Å².